The number of hydrogen-bond donors (Lipinski definition) is 3. The molecule has 0 saturated carbocycles. The fourth-order valence-electron chi connectivity index (χ4n) is 6.92. The van der Waals surface area contributed by atoms with Gasteiger partial charge in [0.2, 0.25) is 5.88 Å². The van der Waals surface area contributed by atoms with Crippen LogP contribution in [0, 0.1) is 13.8 Å². The van der Waals surface area contributed by atoms with Gasteiger partial charge in [0.15, 0.2) is 5.65 Å². The van der Waals surface area contributed by atoms with Gasteiger partial charge in [-0.05, 0) is 88.4 Å². The first-order valence-corrected chi connectivity index (χ1v) is 20.1. The number of aryl methyl sites for hydroxylation is 3. The first-order valence-electron chi connectivity index (χ1n) is 19.7. The molecule has 3 N–H and O–H groups in total. The van der Waals surface area contributed by atoms with Crippen molar-refractivity contribution in [1.29, 1.82) is 0 Å². The first kappa shape index (κ1) is 45.4. The number of urea groups is 1. The molecule has 58 heavy (non-hydrogen) atoms. The number of nitrogens with one attached hydrogen (secondary N) is 3. The molecule has 0 unspecified atom stereocenters. The van der Waals surface area contributed by atoms with Gasteiger partial charge in [0.25, 0.3) is 5.56 Å². The van der Waals surface area contributed by atoms with Gasteiger partial charge in [-0.25, -0.2) is 24.5 Å². The van der Waals surface area contributed by atoms with E-state index in [2.05, 4.69) is 32.0 Å². The Morgan fingerprint density at radius 1 is 0.914 bits per heavy atom. The average molecular weight is 816 g/mol. The number of ether oxygens (including phenoxy) is 2. The van der Waals surface area contributed by atoms with Crippen LogP contribution in [0.15, 0.2) is 52.1 Å². The van der Waals surface area contributed by atoms with Crippen LogP contribution in [0.25, 0.3) is 33.4 Å². The molecule has 6 rings (SSSR count). The third kappa shape index (κ3) is 10.2. The van der Waals surface area contributed by atoms with Crippen LogP contribution in [0.4, 0.5) is 16.3 Å². The minimum atomic E-state index is -0.465. The standard InChI is InChI=1S/C31H29ClN6O3.C10H23N3O2.C2H6/c1-16-19(21-12-7-13-22(26(21)32)24-15-18-9-6-11-20(18)29(36-24)41-5)10-8-14-23(16)35-27-25-28(34-17(2)33-27)37(3)31(40)38(4)30(25)39;1-11-6-4-5-7-13(8-9-15-3)10(14)12-2;1-2/h7-8,10,12-15H,6,9,11H2,1-5H3,(H,33,34,35);11H,4-9H2,1-3H3,(H,12,14);1-2H3. The molecule has 2 amide bonds. The van der Waals surface area contributed by atoms with Crippen molar-refractivity contribution in [2.75, 3.05) is 59.9 Å². The lowest BCUT2D eigenvalue weighted by Crippen LogP contribution is -2.40. The first-order chi connectivity index (χ1) is 27.9. The summed E-state index contributed by atoms with van der Waals surface area (Å²) >= 11 is 7.08. The van der Waals surface area contributed by atoms with Gasteiger partial charge in [-0.1, -0.05) is 55.8 Å². The number of carbonyl (C=O) groups is 1. The van der Waals surface area contributed by atoms with E-state index in [1.165, 1.54) is 22.7 Å². The maximum Gasteiger partial charge on any atom is 0.332 e. The molecule has 1 aliphatic rings. The topological polar surface area (TPSA) is 158 Å². The zero-order chi connectivity index (χ0) is 42.5. The Morgan fingerprint density at radius 2 is 1.62 bits per heavy atom. The molecule has 3 heterocycles. The third-order valence-corrected chi connectivity index (χ3v) is 10.4. The minimum Gasteiger partial charge on any atom is -0.481 e. The number of nitrogens with zero attached hydrogens (tertiary/aromatic N) is 6. The van der Waals surface area contributed by atoms with Crippen LogP contribution in [-0.4, -0.2) is 89.6 Å². The van der Waals surface area contributed by atoms with Crippen LogP contribution in [0.2, 0.25) is 5.02 Å². The van der Waals surface area contributed by atoms with Gasteiger partial charge in [0, 0.05) is 63.7 Å². The highest BCUT2D eigenvalue weighted by Crippen LogP contribution is 2.41. The predicted molar refractivity (Wildman–Crippen MR) is 234 cm³/mol. The van der Waals surface area contributed by atoms with E-state index in [0.717, 1.165) is 83.4 Å². The summed E-state index contributed by atoms with van der Waals surface area (Å²) in [5.74, 6) is 1.43. The highest BCUT2D eigenvalue weighted by molar-refractivity contribution is 6.36. The monoisotopic (exact) mass is 815 g/mol. The molecule has 0 bridgehead atoms. The molecular formula is C43H58ClN9O5. The summed E-state index contributed by atoms with van der Waals surface area (Å²) in [4.78, 5) is 52.6. The number of fused-ring (bicyclic) bond motifs is 2. The summed E-state index contributed by atoms with van der Waals surface area (Å²) < 4.78 is 13.0. The number of pyridine rings is 1. The smallest absolute Gasteiger partial charge is 0.332 e. The van der Waals surface area contributed by atoms with Crippen molar-refractivity contribution in [1.82, 2.24) is 39.6 Å². The Labute approximate surface area is 346 Å². The van der Waals surface area contributed by atoms with Gasteiger partial charge in [0.1, 0.15) is 17.0 Å². The maximum atomic E-state index is 13.1. The summed E-state index contributed by atoms with van der Waals surface area (Å²) in [7, 11) is 9.91. The normalized spacial score (nSPS) is 11.6. The van der Waals surface area contributed by atoms with Crippen LogP contribution >= 0.6 is 11.6 Å². The van der Waals surface area contributed by atoms with Gasteiger partial charge >= 0.3 is 11.7 Å². The van der Waals surface area contributed by atoms with Crippen molar-refractivity contribution in [2.45, 2.75) is 59.8 Å². The number of benzene rings is 2. The Balaban J connectivity index is 0.000000372. The zero-order valence-corrected chi connectivity index (χ0v) is 36.3. The Morgan fingerprint density at radius 3 is 2.31 bits per heavy atom. The third-order valence-electron chi connectivity index (χ3n) is 9.98. The van der Waals surface area contributed by atoms with Crippen molar-refractivity contribution in [2.24, 2.45) is 14.1 Å². The number of amides is 2. The molecule has 312 valence electrons. The van der Waals surface area contributed by atoms with E-state index in [0.29, 0.717) is 35.7 Å². The summed E-state index contributed by atoms with van der Waals surface area (Å²) in [6.45, 7) is 10.7. The molecule has 2 aromatic carbocycles. The average Bonchev–Trinajstić information content (AvgIpc) is 3.72. The highest BCUT2D eigenvalue weighted by Gasteiger charge is 2.22. The van der Waals surface area contributed by atoms with Crippen LogP contribution in [0.5, 0.6) is 5.88 Å². The fraction of sp³-hybridized carbons (Fsp3) is 0.442. The molecule has 0 fully saturated rings. The lowest BCUT2D eigenvalue weighted by Gasteiger charge is -2.21. The van der Waals surface area contributed by atoms with E-state index in [1.807, 2.05) is 64.2 Å². The maximum absolute atomic E-state index is 13.1. The number of unbranched alkanes of at least 4 members (excludes halogenated alkanes) is 1. The highest BCUT2D eigenvalue weighted by atomic mass is 35.5. The molecular weight excluding hydrogens is 758 g/mol. The van der Waals surface area contributed by atoms with Gasteiger partial charge in [-0.2, -0.15) is 0 Å². The lowest BCUT2D eigenvalue weighted by atomic mass is 9.96. The number of rotatable bonds is 13. The van der Waals surface area contributed by atoms with Crippen molar-refractivity contribution < 1.29 is 14.3 Å². The number of methoxy groups -OCH3 is 2. The second kappa shape index (κ2) is 21.4. The molecule has 14 nitrogen and oxygen atoms in total. The zero-order valence-electron chi connectivity index (χ0n) is 35.5. The van der Waals surface area contributed by atoms with Crippen molar-refractivity contribution >= 4 is 40.2 Å². The second-order valence-electron chi connectivity index (χ2n) is 13.6. The Hall–Kier alpha value is -5.31. The predicted octanol–water partition coefficient (Wildman–Crippen LogP) is 6.57. The molecule has 0 saturated heterocycles. The van der Waals surface area contributed by atoms with E-state index < -0.39 is 11.2 Å². The van der Waals surface area contributed by atoms with Crippen molar-refractivity contribution in [3.05, 3.63) is 90.8 Å². The molecule has 0 spiro atoms. The van der Waals surface area contributed by atoms with Gasteiger partial charge in [0.05, 0.1) is 24.4 Å². The quantitative estimate of drug-likeness (QED) is 0.111. The fourth-order valence-corrected chi connectivity index (χ4v) is 7.24. The number of halogens is 1. The van der Waals surface area contributed by atoms with E-state index in [4.69, 9.17) is 26.1 Å². The molecule has 3 aromatic heterocycles. The summed E-state index contributed by atoms with van der Waals surface area (Å²) in [6.07, 6.45) is 5.16. The molecule has 15 heteroatoms. The largest absolute Gasteiger partial charge is 0.481 e. The van der Waals surface area contributed by atoms with Crippen molar-refractivity contribution in [3.63, 3.8) is 0 Å². The van der Waals surface area contributed by atoms with Crippen LogP contribution in [0.3, 0.4) is 0 Å². The number of aromatic nitrogens is 5. The number of hydrogen-bond acceptors (Lipinski definition) is 10. The van der Waals surface area contributed by atoms with Crippen molar-refractivity contribution in [3.8, 4) is 28.3 Å². The van der Waals surface area contributed by atoms with E-state index in [-0.39, 0.29) is 17.1 Å². The summed E-state index contributed by atoms with van der Waals surface area (Å²) in [5, 5.41) is 9.88. The van der Waals surface area contributed by atoms with Crippen LogP contribution in [0.1, 0.15) is 55.6 Å². The minimum absolute atomic E-state index is 0.0310. The molecule has 0 aliphatic heterocycles. The molecule has 5 aromatic rings. The molecule has 1 aliphatic carbocycles. The summed E-state index contributed by atoms with van der Waals surface area (Å²) in [5.41, 5.74) is 6.85. The van der Waals surface area contributed by atoms with Crippen LogP contribution in [-0.2, 0) is 31.7 Å². The Kier molecular flexibility index (Phi) is 16.8. The lowest BCUT2D eigenvalue weighted by molar-refractivity contribution is 0.149. The van der Waals surface area contributed by atoms with Gasteiger partial charge < -0.3 is 30.3 Å². The summed E-state index contributed by atoms with van der Waals surface area (Å²) in [6, 6.07) is 13.9. The van der Waals surface area contributed by atoms with Gasteiger partial charge in [-0.15, -0.1) is 0 Å². The molecule has 0 radical (unpaired) electrons. The van der Waals surface area contributed by atoms with E-state index in [1.54, 1.807) is 40.1 Å². The molecule has 0 atom stereocenters. The van der Waals surface area contributed by atoms with E-state index in [9.17, 15) is 14.4 Å². The second-order valence-corrected chi connectivity index (χ2v) is 14.0. The number of anilines is 2. The Bertz CT molecular complexity index is 2330. The van der Waals surface area contributed by atoms with E-state index >= 15 is 0 Å². The number of carbonyl (C=O) groups excluding carboxylic acids is 1. The van der Waals surface area contributed by atoms with Crippen LogP contribution < -0.4 is 31.9 Å². The van der Waals surface area contributed by atoms with Gasteiger partial charge in [-0.3, -0.25) is 13.9 Å². The SMILES string of the molecule is CC.CNCCCCN(CCOC)C(=O)NC.COc1nc(-c2cccc(-c3cccc(Nc4nc(C)nc5c4c(=O)n(C)c(=O)n5C)c3C)c2Cl)cc2c1CCC2.